The van der Waals surface area contributed by atoms with Crippen molar-refractivity contribution in [2.75, 3.05) is 0 Å². The van der Waals surface area contributed by atoms with Crippen LogP contribution in [0.15, 0.2) is 145 Å². The van der Waals surface area contributed by atoms with Crippen LogP contribution in [0.1, 0.15) is 16.1 Å². The highest BCUT2D eigenvalue weighted by molar-refractivity contribution is 6.30. The number of halogens is 1. The molecule has 6 aromatic rings. The molecule has 0 bridgehead atoms. The Kier molecular flexibility index (Phi) is 7.12. The molecule has 0 aliphatic heterocycles. The van der Waals surface area contributed by atoms with Crippen LogP contribution in [0.5, 0.6) is 0 Å². The van der Waals surface area contributed by atoms with Crippen molar-refractivity contribution in [2.45, 2.75) is 0 Å². The van der Waals surface area contributed by atoms with Crippen molar-refractivity contribution in [2.24, 2.45) is 5.10 Å². The van der Waals surface area contributed by atoms with E-state index in [1.54, 1.807) is 6.21 Å². The second kappa shape index (κ2) is 11.3. The number of amides is 1. The maximum Gasteiger partial charge on any atom is 0.271 e. The lowest BCUT2D eigenvalue weighted by molar-refractivity contribution is 0.0955. The summed E-state index contributed by atoms with van der Waals surface area (Å²) in [6.07, 6.45) is 3.55. The van der Waals surface area contributed by atoms with Gasteiger partial charge in [-0.25, -0.2) is 5.43 Å². The quantitative estimate of drug-likeness (QED) is 0.162. The Morgan fingerprint density at radius 1 is 0.650 bits per heavy atom. The zero-order valence-electron chi connectivity index (χ0n) is 21.5. The molecule has 194 valence electrons. The average Bonchev–Trinajstić information content (AvgIpc) is 3.66. The molecule has 0 unspecified atom stereocenters. The van der Waals surface area contributed by atoms with Gasteiger partial charge in [-0.3, -0.25) is 4.79 Å². The Morgan fingerprint density at radius 3 is 1.82 bits per heavy atom. The summed E-state index contributed by atoms with van der Waals surface area (Å²) in [4.78, 5) is 12.9. The topological polar surface area (TPSA) is 51.3 Å². The van der Waals surface area contributed by atoms with Crippen LogP contribution in [0.3, 0.4) is 0 Å². The van der Waals surface area contributed by atoms with Crippen LogP contribution in [0, 0.1) is 0 Å². The third-order valence-electron chi connectivity index (χ3n) is 6.66. The first-order chi connectivity index (χ1) is 19.7. The fourth-order valence-electron chi connectivity index (χ4n) is 4.70. The van der Waals surface area contributed by atoms with Gasteiger partial charge in [-0.1, -0.05) is 72.3 Å². The first-order valence-corrected chi connectivity index (χ1v) is 13.2. The number of rotatable bonds is 7. The van der Waals surface area contributed by atoms with Crippen LogP contribution in [0.4, 0.5) is 0 Å². The molecule has 0 radical (unpaired) electrons. The standard InChI is InChI=1S/C34H25ClN4O/c35-28-15-19-29(20-16-28)38-23-7-12-31(38)24-36-37-34(40)27-13-17-30(18-14-27)39-32(25-8-3-1-4-9-25)21-22-33(39)26-10-5-2-6-11-26/h1-24H,(H,37,40)/b36-24-. The molecule has 0 spiro atoms. The summed E-state index contributed by atoms with van der Waals surface area (Å²) in [5.41, 5.74) is 10.3. The summed E-state index contributed by atoms with van der Waals surface area (Å²) in [5.74, 6) is -0.286. The number of aromatic nitrogens is 2. The van der Waals surface area contributed by atoms with E-state index in [2.05, 4.69) is 51.5 Å². The molecule has 0 fully saturated rings. The van der Waals surface area contributed by atoms with Gasteiger partial charge in [-0.05, 0) is 83.9 Å². The average molecular weight is 541 g/mol. The predicted octanol–water partition coefficient (Wildman–Crippen LogP) is 8.02. The van der Waals surface area contributed by atoms with Gasteiger partial charge in [0, 0.05) is 28.2 Å². The second-order valence-electron chi connectivity index (χ2n) is 9.20. The monoisotopic (exact) mass is 540 g/mol. The van der Waals surface area contributed by atoms with Crippen molar-refractivity contribution in [1.82, 2.24) is 14.6 Å². The van der Waals surface area contributed by atoms with E-state index < -0.39 is 0 Å². The number of nitrogens with one attached hydrogen (secondary N) is 1. The highest BCUT2D eigenvalue weighted by Gasteiger charge is 2.14. The minimum atomic E-state index is -0.286. The molecule has 2 heterocycles. The van der Waals surface area contributed by atoms with Crippen LogP contribution in [0.2, 0.25) is 5.02 Å². The molecule has 1 amide bonds. The highest BCUT2D eigenvalue weighted by atomic mass is 35.5. The van der Waals surface area contributed by atoms with Gasteiger partial charge in [-0.15, -0.1) is 0 Å². The van der Waals surface area contributed by atoms with Gasteiger partial charge in [0.05, 0.1) is 23.3 Å². The normalized spacial score (nSPS) is 11.1. The molecule has 40 heavy (non-hydrogen) atoms. The van der Waals surface area contributed by atoms with Gasteiger partial charge in [0.15, 0.2) is 0 Å². The zero-order chi connectivity index (χ0) is 27.3. The van der Waals surface area contributed by atoms with Crippen molar-refractivity contribution in [1.29, 1.82) is 0 Å². The smallest absolute Gasteiger partial charge is 0.271 e. The molecule has 0 aliphatic carbocycles. The van der Waals surface area contributed by atoms with Crippen LogP contribution in [-0.2, 0) is 0 Å². The van der Waals surface area contributed by atoms with Gasteiger partial charge >= 0.3 is 0 Å². The molecular weight excluding hydrogens is 516 g/mol. The molecule has 0 atom stereocenters. The summed E-state index contributed by atoms with van der Waals surface area (Å²) in [6, 6.07) is 43.8. The number of carbonyl (C=O) groups is 1. The highest BCUT2D eigenvalue weighted by Crippen LogP contribution is 2.32. The van der Waals surface area contributed by atoms with Gasteiger partial charge < -0.3 is 9.13 Å². The Bertz CT molecular complexity index is 1710. The van der Waals surface area contributed by atoms with E-state index in [9.17, 15) is 4.79 Å². The molecule has 6 heteroatoms. The summed E-state index contributed by atoms with van der Waals surface area (Å²) in [5, 5.41) is 4.87. The largest absolute Gasteiger partial charge is 0.316 e. The van der Waals surface area contributed by atoms with E-state index in [1.165, 1.54) is 0 Å². The molecule has 6 rings (SSSR count). The van der Waals surface area contributed by atoms with Crippen LogP contribution in [0.25, 0.3) is 33.9 Å². The van der Waals surface area contributed by atoms with Crippen molar-refractivity contribution < 1.29 is 4.79 Å². The number of hydrazone groups is 1. The third kappa shape index (κ3) is 5.23. The van der Waals surface area contributed by atoms with E-state index in [0.29, 0.717) is 10.6 Å². The van der Waals surface area contributed by atoms with Crippen molar-refractivity contribution in [3.8, 4) is 33.9 Å². The Labute approximate surface area is 237 Å². The Morgan fingerprint density at radius 2 is 1.23 bits per heavy atom. The maximum absolute atomic E-state index is 12.9. The van der Waals surface area contributed by atoms with Gasteiger partial charge in [0.25, 0.3) is 5.91 Å². The van der Waals surface area contributed by atoms with E-state index in [-0.39, 0.29) is 5.91 Å². The maximum atomic E-state index is 12.9. The van der Waals surface area contributed by atoms with E-state index >= 15 is 0 Å². The molecule has 4 aromatic carbocycles. The van der Waals surface area contributed by atoms with Crippen LogP contribution >= 0.6 is 11.6 Å². The molecule has 2 aromatic heterocycles. The predicted molar refractivity (Wildman–Crippen MR) is 162 cm³/mol. The molecule has 5 nitrogen and oxygen atoms in total. The summed E-state index contributed by atoms with van der Waals surface area (Å²) in [6.45, 7) is 0. The van der Waals surface area contributed by atoms with Gasteiger partial charge in [0.2, 0.25) is 0 Å². The van der Waals surface area contributed by atoms with Crippen molar-refractivity contribution in [3.05, 3.63) is 156 Å². The van der Waals surface area contributed by atoms with Crippen molar-refractivity contribution in [3.63, 3.8) is 0 Å². The summed E-state index contributed by atoms with van der Waals surface area (Å²) >= 11 is 6.02. The van der Waals surface area contributed by atoms with Gasteiger partial charge in [0.1, 0.15) is 0 Å². The van der Waals surface area contributed by atoms with Gasteiger partial charge in [-0.2, -0.15) is 5.10 Å². The SMILES string of the molecule is O=C(N/N=C\c1cccn1-c1ccc(Cl)cc1)c1ccc(-n2c(-c3ccccc3)ccc2-c2ccccc2)cc1. The fraction of sp³-hybridized carbons (Fsp3) is 0. The summed E-state index contributed by atoms with van der Waals surface area (Å²) < 4.78 is 4.18. The number of benzene rings is 4. The van der Waals surface area contributed by atoms with E-state index in [4.69, 9.17) is 11.6 Å². The molecular formula is C34H25ClN4O. The van der Waals surface area contributed by atoms with Crippen molar-refractivity contribution >= 4 is 23.7 Å². The lowest BCUT2D eigenvalue weighted by Gasteiger charge is -2.15. The second-order valence-corrected chi connectivity index (χ2v) is 9.63. The van der Waals surface area contributed by atoms with Crippen LogP contribution in [-0.4, -0.2) is 21.3 Å². The lowest BCUT2D eigenvalue weighted by Crippen LogP contribution is -2.18. The number of carbonyl (C=O) groups excluding carboxylic acids is 1. The number of hydrogen-bond acceptors (Lipinski definition) is 2. The fourth-order valence-corrected chi connectivity index (χ4v) is 4.83. The first kappa shape index (κ1) is 25.2. The minimum absolute atomic E-state index is 0.286. The third-order valence-corrected chi connectivity index (χ3v) is 6.91. The summed E-state index contributed by atoms with van der Waals surface area (Å²) in [7, 11) is 0. The van der Waals surface area contributed by atoms with E-state index in [1.807, 2.05) is 108 Å². The molecule has 0 saturated heterocycles. The number of hydrogen-bond donors (Lipinski definition) is 1. The molecule has 0 aliphatic rings. The first-order valence-electron chi connectivity index (χ1n) is 12.9. The molecule has 1 N–H and O–H groups in total. The van der Waals surface area contributed by atoms with Crippen LogP contribution < -0.4 is 5.43 Å². The Hall–Kier alpha value is -5.13. The molecule has 0 saturated carbocycles. The minimum Gasteiger partial charge on any atom is -0.316 e. The Balaban J connectivity index is 1.24. The lowest BCUT2D eigenvalue weighted by atomic mass is 10.1. The zero-order valence-corrected chi connectivity index (χ0v) is 22.2. The van der Waals surface area contributed by atoms with E-state index in [0.717, 1.165) is 39.6 Å². The number of nitrogens with zero attached hydrogens (tertiary/aromatic N) is 3.